The SMILES string of the molecule is CCCCc1cc2c(-c3cc(C(C)C)cc(C(C)C)c3)c(C)ccc2[cH-]1.CCCCc1cc2c(-c3cc(C(C)C)cc(C(C)C)c3)c(C)ccc2[cH-]1.[Cl][Zr][Cl].[c-]1cccc2c1[Si]c1ccccc1-2. The Balaban J connectivity index is 0.000000171. The van der Waals surface area contributed by atoms with Crippen molar-refractivity contribution in [3.63, 3.8) is 0 Å². The monoisotopic (exact) mass is 1030 g/mol. The Morgan fingerprint density at radius 3 is 1.35 bits per heavy atom. The zero-order valence-electron chi connectivity index (χ0n) is 42.9. The molecular weight excluding hydrogens is 959 g/mol. The van der Waals surface area contributed by atoms with Crippen LogP contribution in [0.15, 0.2) is 127 Å². The number of unbranched alkanes of at least 4 members (excludes halogenated alkanes) is 2. The van der Waals surface area contributed by atoms with Crippen molar-refractivity contribution in [2.45, 2.75) is 145 Å². The van der Waals surface area contributed by atoms with Crippen LogP contribution in [0.2, 0.25) is 0 Å². The van der Waals surface area contributed by atoms with E-state index in [4.69, 9.17) is 17.0 Å². The Kier molecular flexibility index (Phi) is 20.0. The maximum atomic E-state index is 4.93. The largest absolute Gasteiger partial charge is 0.184 e. The number of fused-ring (bicyclic) bond motifs is 5. The van der Waals surface area contributed by atoms with Crippen LogP contribution in [0.1, 0.15) is 163 Å². The summed E-state index contributed by atoms with van der Waals surface area (Å²) in [5.74, 6) is 2.19. The van der Waals surface area contributed by atoms with E-state index in [1.54, 1.807) is 0 Å². The summed E-state index contributed by atoms with van der Waals surface area (Å²) in [5, 5.41) is 8.44. The van der Waals surface area contributed by atoms with Gasteiger partial charge in [0.1, 0.15) is 0 Å². The van der Waals surface area contributed by atoms with Crippen molar-refractivity contribution in [1.29, 1.82) is 0 Å². The third kappa shape index (κ3) is 13.3. The summed E-state index contributed by atoms with van der Waals surface area (Å²) >= 11 is -0.826. The van der Waals surface area contributed by atoms with Gasteiger partial charge in [0, 0.05) is 0 Å². The van der Waals surface area contributed by atoms with Gasteiger partial charge in [-0.05, 0) is 83.7 Å². The van der Waals surface area contributed by atoms with E-state index in [1.165, 1.54) is 148 Å². The smallest absolute Gasteiger partial charge is 0.0920 e. The predicted molar refractivity (Wildman–Crippen MR) is 300 cm³/mol. The summed E-state index contributed by atoms with van der Waals surface area (Å²) in [7, 11) is 10.7. The molecule has 0 saturated carbocycles. The first-order valence-electron chi connectivity index (χ1n) is 25.2. The number of aryl methyl sites for hydroxylation is 4. The number of hydrogen-bond donors (Lipinski definition) is 0. The summed E-state index contributed by atoms with van der Waals surface area (Å²) in [5.41, 5.74) is 19.9. The van der Waals surface area contributed by atoms with E-state index in [2.05, 4.69) is 210 Å². The van der Waals surface area contributed by atoms with Crippen LogP contribution < -0.4 is 10.4 Å². The fourth-order valence-corrected chi connectivity index (χ4v) is 10.7. The first kappa shape index (κ1) is 53.6. The molecule has 9 rings (SSSR count). The second kappa shape index (κ2) is 25.4. The average molecular weight is 1030 g/mol. The van der Waals surface area contributed by atoms with Gasteiger partial charge in [0.15, 0.2) is 0 Å². The summed E-state index contributed by atoms with van der Waals surface area (Å²) < 4.78 is 0. The molecule has 8 aromatic rings. The molecule has 68 heavy (non-hydrogen) atoms. The molecule has 0 aromatic heterocycles. The van der Waals surface area contributed by atoms with Crippen LogP contribution in [0.25, 0.3) is 54.9 Å². The molecular formula is C64H73Cl2SiZr-3. The van der Waals surface area contributed by atoms with Gasteiger partial charge in [-0.1, -0.05) is 189 Å². The quantitative estimate of drug-likeness (QED) is 0.0845. The summed E-state index contributed by atoms with van der Waals surface area (Å²) in [4.78, 5) is 0. The minimum atomic E-state index is -0.826. The van der Waals surface area contributed by atoms with Crippen LogP contribution in [-0.2, 0) is 33.7 Å². The van der Waals surface area contributed by atoms with E-state index in [0.717, 1.165) is 9.52 Å². The number of halogens is 2. The van der Waals surface area contributed by atoms with E-state index in [-0.39, 0.29) is 0 Å². The zero-order chi connectivity index (χ0) is 49.1. The van der Waals surface area contributed by atoms with Gasteiger partial charge in [-0.3, -0.25) is 0 Å². The molecule has 2 radical (unpaired) electrons. The van der Waals surface area contributed by atoms with Crippen LogP contribution in [0.4, 0.5) is 0 Å². The van der Waals surface area contributed by atoms with Gasteiger partial charge in [-0.15, -0.1) is 74.6 Å². The van der Waals surface area contributed by atoms with E-state index < -0.39 is 20.8 Å². The molecule has 354 valence electrons. The van der Waals surface area contributed by atoms with Crippen molar-refractivity contribution < 1.29 is 20.8 Å². The second-order valence-electron chi connectivity index (χ2n) is 20.1. The van der Waals surface area contributed by atoms with Gasteiger partial charge in [0.25, 0.3) is 0 Å². The predicted octanol–water partition coefficient (Wildman–Crippen LogP) is 18.7. The minimum absolute atomic E-state index is 0.548. The molecule has 0 saturated heterocycles. The van der Waals surface area contributed by atoms with Crippen molar-refractivity contribution in [3.8, 4) is 33.4 Å². The maximum absolute atomic E-state index is 4.93. The van der Waals surface area contributed by atoms with Gasteiger partial charge < -0.3 is 0 Å². The molecule has 1 aliphatic rings. The van der Waals surface area contributed by atoms with Crippen molar-refractivity contribution >= 4 is 58.5 Å². The summed E-state index contributed by atoms with van der Waals surface area (Å²) in [6.07, 6.45) is 7.42. The maximum Gasteiger partial charge on any atom is 0.0920 e. The standard InChI is InChI=1S/2C26H33.C12H7Si.2ClH.Zr/c2*1-7-8-9-20-12-21-11-10-19(6)26(25(21)13-20)24-15-22(17(2)3)14-23(16-24)18(4)5;1-3-7-11-9(5-1)10-6-2-4-8-12(10)13-11;;;/h2*10-18H,7-9H2,1-6H3;1-7H;2*1H;/q3*-1;;;+2/p-2. The van der Waals surface area contributed by atoms with Gasteiger partial charge in [0.2, 0.25) is 0 Å². The normalized spacial score (nSPS) is 11.6. The van der Waals surface area contributed by atoms with Crippen LogP contribution in [0.5, 0.6) is 0 Å². The molecule has 1 heterocycles. The summed E-state index contributed by atoms with van der Waals surface area (Å²) in [6, 6.07) is 51.4. The molecule has 4 heteroatoms. The van der Waals surface area contributed by atoms with E-state index in [1.807, 2.05) is 6.07 Å². The molecule has 8 aromatic carbocycles. The summed E-state index contributed by atoms with van der Waals surface area (Å²) in [6.45, 7) is 27.4. The fraction of sp³-hybridized carbons (Fsp3) is 0.344. The van der Waals surface area contributed by atoms with Crippen LogP contribution in [0.3, 0.4) is 0 Å². The third-order valence-electron chi connectivity index (χ3n) is 13.5. The van der Waals surface area contributed by atoms with E-state index >= 15 is 0 Å². The van der Waals surface area contributed by atoms with Crippen LogP contribution in [0, 0.1) is 19.9 Å². The number of benzene rings is 6. The van der Waals surface area contributed by atoms with Crippen LogP contribution >= 0.6 is 17.0 Å². The Morgan fingerprint density at radius 1 is 0.529 bits per heavy atom. The third-order valence-corrected chi connectivity index (χ3v) is 14.9. The molecule has 0 bridgehead atoms. The molecule has 0 aliphatic carbocycles. The second-order valence-corrected chi connectivity index (χ2v) is 25.1. The first-order valence-corrected chi connectivity index (χ1v) is 32.5. The van der Waals surface area contributed by atoms with Crippen LogP contribution in [-0.4, -0.2) is 9.52 Å². The average Bonchev–Trinajstić information content (AvgIpc) is 4.05. The molecule has 0 amide bonds. The Bertz CT molecular complexity index is 2640. The zero-order valence-corrected chi connectivity index (χ0v) is 47.9. The van der Waals surface area contributed by atoms with Gasteiger partial charge in [0.05, 0.1) is 9.52 Å². The fourth-order valence-electron chi connectivity index (χ4n) is 9.42. The Hall–Kier alpha value is -3.78. The molecule has 0 spiro atoms. The Morgan fingerprint density at radius 2 is 0.941 bits per heavy atom. The topological polar surface area (TPSA) is 0 Å². The molecule has 0 nitrogen and oxygen atoms in total. The molecule has 0 fully saturated rings. The number of hydrogen-bond acceptors (Lipinski definition) is 0. The van der Waals surface area contributed by atoms with E-state index in [9.17, 15) is 0 Å². The van der Waals surface area contributed by atoms with Crippen molar-refractivity contribution in [1.82, 2.24) is 0 Å². The van der Waals surface area contributed by atoms with Gasteiger partial charge >= 0.3 is 37.9 Å². The number of rotatable bonds is 12. The molecule has 0 unspecified atom stereocenters. The molecule has 1 aliphatic heterocycles. The Labute approximate surface area is 432 Å². The first-order chi connectivity index (χ1) is 32.7. The molecule has 0 N–H and O–H groups in total. The van der Waals surface area contributed by atoms with E-state index in [0.29, 0.717) is 23.7 Å². The van der Waals surface area contributed by atoms with Gasteiger partial charge in [-0.2, -0.15) is 41.6 Å². The molecule has 0 atom stereocenters. The minimum Gasteiger partial charge on any atom is -0.184 e. The van der Waals surface area contributed by atoms with Crippen molar-refractivity contribution in [2.75, 3.05) is 0 Å². The van der Waals surface area contributed by atoms with Crippen molar-refractivity contribution in [3.05, 3.63) is 178 Å². The van der Waals surface area contributed by atoms with Gasteiger partial charge in [-0.25, -0.2) is 0 Å². The van der Waals surface area contributed by atoms with Crippen molar-refractivity contribution in [2.24, 2.45) is 0 Å².